The number of nitrogens with one attached hydrogen (secondary N) is 1. The molecule has 0 aliphatic carbocycles. The molecule has 0 aliphatic rings. The van der Waals surface area contributed by atoms with Gasteiger partial charge in [-0.05, 0) is 26.9 Å². The molecular weight excluding hydrogens is 140 g/mol. The summed E-state index contributed by atoms with van der Waals surface area (Å²) in [5.41, 5.74) is 0. The highest BCUT2D eigenvalue weighted by molar-refractivity contribution is 5.75. The minimum Gasteiger partial charge on any atom is -0.346 e. The molecule has 0 fully saturated rings. The van der Waals surface area contributed by atoms with Crippen LogP contribution in [0.2, 0.25) is 0 Å². The lowest BCUT2D eigenvalue weighted by Crippen LogP contribution is -2.26. The Hall–Kier alpha value is -0.570. The van der Waals surface area contributed by atoms with Crippen LogP contribution in [0.25, 0.3) is 0 Å². The van der Waals surface area contributed by atoms with Crippen molar-refractivity contribution in [3.63, 3.8) is 0 Å². The molecule has 66 valence electrons. The summed E-state index contributed by atoms with van der Waals surface area (Å²) in [7, 11) is 3.73. The maximum atomic E-state index is 11.1. The van der Waals surface area contributed by atoms with Gasteiger partial charge in [-0.3, -0.25) is 4.79 Å². The minimum atomic E-state index is 0.239. The Morgan fingerprint density at radius 1 is 1.55 bits per heavy atom. The lowest BCUT2D eigenvalue weighted by molar-refractivity contribution is -0.129. The molecule has 0 bridgehead atoms. The Labute approximate surface area is 68.8 Å². The smallest absolute Gasteiger partial charge is 0.222 e. The first-order valence-electron chi connectivity index (χ1n) is 4.11. The molecular formula is C8H18N2O. The van der Waals surface area contributed by atoms with E-state index in [1.54, 1.807) is 4.90 Å². The van der Waals surface area contributed by atoms with E-state index in [1.807, 2.05) is 21.0 Å². The second-order valence-corrected chi connectivity index (χ2v) is 2.62. The van der Waals surface area contributed by atoms with E-state index in [0.717, 1.165) is 19.5 Å². The zero-order valence-corrected chi connectivity index (χ0v) is 7.68. The molecule has 0 aromatic heterocycles. The average Bonchev–Trinajstić information content (AvgIpc) is 2.03. The van der Waals surface area contributed by atoms with Crippen LogP contribution in [0.5, 0.6) is 0 Å². The first-order valence-corrected chi connectivity index (χ1v) is 4.11. The highest BCUT2D eigenvalue weighted by atomic mass is 16.2. The lowest BCUT2D eigenvalue weighted by Gasteiger charge is -2.13. The summed E-state index contributed by atoms with van der Waals surface area (Å²) in [6, 6.07) is 0. The van der Waals surface area contributed by atoms with Gasteiger partial charge in [-0.1, -0.05) is 0 Å². The fourth-order valence-corrected chi connectivity index (χ4v) is 0.784. The van der Waals surface area contributed by atoms with Crippen molar-refractivity contribution in [2.45, 2.75) is 19.8 Å². The highest BCUT2D eigenvalue weighted by Gasteiger charge is 2.04. The van der Waals surface area contributed by atoms with Gasteiger partial charge >= 0.3 is 0 Å². The second kappa shape index (κ2) is 6.16. The van der Waals surface area contributed by atoms with Crippen LogP contribution in [0.15, 0.2) is 0 Å². The van der Waals surface area contributed by atoms with Gasteiger partial charge in [0.2, 0.25) is 5.91 Å². The Kier molecular flexibility index (Phi) is 5.84. The highest BCUT2D eigenvalue weighted by Crippen LogP contribution is 1.93. The van der Waals surface area contributed by atoms with E-state index in [0.29, 0.717) is 6.42 Å². The third kappa shape index (κ3) is 4.79. The molecule has 0 aromatic carbocycles. The van der Waals surface area contributed by atoms with Crippen molar-refractivity contribution in [2.75, 3.05) is 27.2 Å². The summed E-state index contributed by atoms with van der Waals surface area (Å²) >= 11 is 0. The molecule has 0 heterocycles. The molecule has 0 rings (SSSR count). The van der Waals surface area contributed by atoms with E-state index in [4.69, 9.17) is 0 Å². The molecule has 0 radical (unpaired) electrons. The monoisotopic (exact) mass is 158 g/mol. The van der Waals surface area contributed by atoms with Gasteiger partial charge in [0.1, 0.15) is 0 Å². The van der Waals surface area contributed by atoms with Gasteiger partial charge in [0.15, 0.2) is 0 Å². The molecule has 3 nitrogen and oxygen atoms in total. The fourth-order valence-electron chi connectivity index (χ4n) is 0.784. The Morgan fingerprint density at radius 2 is 2.18 bits per heavy atom. The van der Waals surface area contributed by atoms with E-state index >= 15 is 0 Å². The molecule has 0 aromatic rings. The zero-order chi connectivity index (χ0) is 8.69. The van der Waals surface area contributed by atoms with Crippen molar-refractivity contribution in [3.8, 4) is 0 Å². The number of rotatable bonds is 5. The van der Waals surface area contributed by atoms with Gasteiger partial charge in [-0.25, -0.2) is 0 Å². The van der Waals surface area contributed by atoms with Crippen LogP contribution in [-0.4, -0.2) is 38.0 Å². The Bertz CT molecular complexity index is 115. The summed E-state index contributed by atoms with van der Waals surface area (Å²) in [6.45, 7) is 3.71. The van der Waals surface area contributed by atoms with Crippen molar-refractivity contribution in [1.82, 2.24) is 10.2 Å². The summed E-state index contributed by atoms with van der Waals surface area (Å²) in [6.07, 6.45) is 1.59. The predicted octanol–water partition coefficient (Wildman–Crippen LogP) is 0.464. The van der Waals surface area contributed by atoms with Crippen LogP contribution in [0.3, 0.4) is 0 Å². The van der Waals surface area contributed by atoms with E-state index < -0.39 is 0 Å². The van der Waals surface area contributed by atoms with Crippen molar-refractivity contribution in [3.05, 3.63) is 0 Å². The standard InChI is InChI=1S/C8H18N2O/c1-4-10(3)8(11)6-5-7-9-2/h9H,4-7H2,1-3H3. The SMILES string of the molecule is CCN(C)C(=O)CCCNC. The van der Waals surface area contributed by atoms with Crippen LogP contribution in [0.4, 0.5) is 0 Å². The van der Waals surface area contributed by atoms with Gasteiger partial charge in [0.25, 0.3) is 0 Å². The number of amides is 1. The summed E-state index contributed by atoms with van der Waals surface area (Å²) in [4.78, 5) is 12.9. The fraction of sp³-hybridized carbons (Fsp3) is 0.875. The second-order valence-electron chi connectivity index (χ2n) is 2.62. The maximum Gasteiger partial charge on any atom is 0.222 e. The van der Waals surface area contributed by atoms with Crippen LogP contribution in [0.1, 0.15) is 19.8 Å². The molecule has 1 N–H and O–H groups in total. The van der Waals surface area contributed by atoms with Gasteiger partial charge < -0.3 is 10.2 Å². The van der Waals surface area contributed by atoms with E-state index in [9.17, 15) is 4.79 Å². The third-order valence-corrected chi connectivity index (χ3v) is 1.72. The molecule has 0 spiro atoms. The summed E-state index contributed by atoms with van der Waals surface area (Å²) in [5.74, 6) is 0.239. The third-order valence-electron chi connectivity index (χ3n) is 1.72. The first kappa shape index (κ1) is 10.4. The van der Waals surface area contributed by atoms with Crippen LogP contribution in [-0.2, 0) is 4.79 Å². The number of nitrogens with zero attached hydrogens (tertiary/aromatic N) is 1. The first-order chi connectivity index (χ1) is 5.22. The number of hydrogen-bond donors (Lipinski definition) is 1. The number of carbonyl (C=O) groups excluding carboxylic acids is 1. The van der Waals surface area contributed by atoms with Gasteiger partial charge in [-0.2, -0.15) is 0 Å². The Balaban J connectivity index is 3.36. The van der Waals surface area contributed by atoms with Crippen molar-refractivity contribution in [2.24, 2.45) is 0 Å². The van der Waals surface area contributed by atoms with Gasteiger partial charge in [0.05, 0.1) is 0 Å². The van der Waals surface area contributed by atoms with Crippen LogP contribution < -0.4 is 5.32 Å². The van der Waals surface area contributed by atoms with Crippen LogP contribution >= 0.6 is 0 Å². The molecule has 0 saturated heterocycles. The maximum absolute atomic E-state index is 11.1. The molecule has 0 unspecified atom stereocenters. The molecule has 1 amide bonds. The zero-order valence-electron chi connectivity index (χ0n) is 7.68. The van der Waals surface area contributed by atoms with Crippen molar-refractivity contribution in [1.29, 1.82) is 0 Å². The Morgan fingerprint density at radius 3 is 2.64 bits per heavy atom. The number of hydrogen-bond acceptors (Lipinski definition) is 2. The van der Waals surface area contributed by atoms with Crippen molar-refractivity contribution >= 4 is 5.91 Å². The normalized spacial score (nSPS) is 9.73. The minimum absolute atomic E-state index is 0.239. The number of carbonyl (C=O) groups is 1. The van der Waals surface area contributed by atoms with E-state index in [1.165, 1.54) is 0 Å². The van der Waals surface area contributed by atoms with E-state index in [2.05, 4.69) is 5.32 Å². The molecule has 0 atom stereocenters. The summed E-state index contributed by atoms with van der Waals surface area (Å²) in [5, 5.41) is 3.01. The largest absolute Gasteiger partial charge is 0.346 e. The van der Waals surface area contributed by atoms with Crippen molar-refractivity contribution < 1.29 is 4.79 Å². The van der Waals surface area contributed by atoms with E-state index in [-0.39, 0.29) is 5.91 Å². The van der Waals surface area contributed by atoms with Crippen LogP contribution in [0, 0.1) is 0 Å². The molecule has 3 heteroatoms. The van der Waals surface area contributed by atoms with Gasteiger partial charge in [0, 0.05) is 20.0 Å². The predicted molar refractivity (Wildman–Crippen MR) is 46.5 cm³/mol. The topological polar surface area (TPSA) is 32.3 Å². The quantitative estimate of drug-likeness (QED) is 0.590. The van der Waals surface area contributed by atoms with Gasteiger partial charge in [-0.15, -0.1) is 0 Å². The summed E-state index contributed by atoms with van der Waals surface area (Å²) < 4.78 is 0. The average molecular weight is 158 g/mol. The molecule has 0 saturated carbocycles. The molecule has 0 aliphatic heterocycles. The lowest BCUT2D eigenvalue weighted by atomic mass is 10.3. The molecule has 11 heavy (non-hydrogen) atoms.